The van der Waals surface area contributed by atoms with Gasteiger partial charge >= 0.3 is 6.61 Å². The first-order valence-corrected chi connectivity index (χ1v) is 9.34. The van der Waals surface area contributed by atoms with E-state index in [2.05, 4.69) is 10.1 Å². The number of nitrogens with zero attached hydrogens (tertiary/aromatic N) is 1. The largest absolute Gasteiger partial charge is 0.435 e. The van der Waals surface area contributed by atoms with E-state index in [1.165, 1.54) is 16.6 Å². The van der Waals surface area contributed by atoms with E-state index in [0.29, 0.717) is 19.6 Å². The standard InChI is InChI=1S/C15H22F2N2O3S/c1-11(13-4-3-5-14(8-13)22-15(16)17)18-9-12-6-7-19(10-12)23(2,20)21/h3-5,8,11-12,15,18H,6-7,9-10H2,1-2H3/t11-,12-/m1/s1. The van der Waals surface area contributed by atoms with Gasteiger partial charge < -0.3 is 10.1 Å². The number of benzene rings is 1. The Morgan fingerprint density at radius 3 is 2.78 bits per heavy atom. The minimum absolute atomic E-state index is 0.0384. The fraction of sp³-hybridized carbons (Fsp3) is 0.600. The van der Waals surface area contributed by atoms with E-state index in [0.717, 1.165) is 12.0 Å². The summed E-state index contributed by atoms with van der Waals surface area (Å²) in [7, 11) is -3.13. The molecule has 1 heterocycles. The van der Waals surface area contributed by atoms with Crippen molar-refractivity contribution in [1.29, 1.82) is 0 Å². The van der Waals surface area contributed by atoms with Crippen molar-refractivity contribution in [2.24, 2.45) is 5.92 Å². The van der Waals surface area contributed by atoms with Crippen LogP contribution in [0.25, 0.3) is 0 Å². The van der Waals surface area contributed by atoms with Crippen molar-refractivity contribution in [3.63, 3.8) is 0 Å². The average Bonchev–Trinajstić information content (AvgIpc) is 2.93. The summed E-state index contributed by atoms with van der Waals surface area (Å²) in [4.78, 5) is 0. The number of alkyl halides is 2. The van der Waals surface area contributed by atoms with E-state index in [1.54, 1.807) is 12.1 Å². The van der Waals surface area contributed by atoms with Gasteiger partial charge in [0, 0.05) is 19.1 Å². The maximum Gasteiger partial charge on any atom is 0.387 e. The summed E-state index contributed by atoms with van der Waals surface area (Å²) in [5, 5.41) is 3.33. The molecule has 1 saturated heterocycles. The van der Waals surface area contributed by atoms with Gasteiger partial charge in [-0.1, -0.05) is 12.1 Å². The summed E-state index contributed by atoms with van der Waals surface area (Å²) in [6.07, 6.45) is 2.04. The number of ether oxygens (including phenoxy) is 1. The SMILES string of the molecule is C[C@@H](NC[C@H]1CCN(S(C)(=O)=O)C1)c1cccc(OC(F)F)c1. The van der Waals surface area contributed by atoms with Crippen molar-refractivity contribution in [1.82, 2.24) is 9.62 Å². The van der Waals surface area contributed by atoms with Crippen LogP contribution in [0.15, 0.2) is 24.3 Å². The molecule has 1 aliphatic heterocycles. The topological polar surface area (TPSA) is 58.6 Å². The molecule has 8 heteroatoms. The van der Waals surface area contributed by atoms with Crippen LogP contribution < -0.4 is 10.1 Å². The second-order valence-corrected chi connectivity index (χ2v) is 7.84. The van der Waals surface area contributed by atoms with Crippen LogP contribution in [0.1, 0.15) is 24.9 Å². The lowest BCUT2D eigenvalue weighted by molar-refractivity contribution is -0.0499. The molecule has 0 amide bonds. The highest BCUT2D eigenvalue weighted by Crippen LogP contribution is 2.22. The predicted molar refractivity (Wildman–Crippen MR) is 84.0 cm³/mol. The second-order valence-electron chi connectivity index (χ2n) is 5.86. The Balaban J connectivity index is 1.87. The third-order valence-electron chi connectivity index (χ3n) is 4.01. The monoisotopic (exact) mass is 348 g/mol. The minimum atomic E-state index is -3.13. The first-order valence-electron chi connectivity index (χ1n) is 7.49. The van der Waals surface area contributed by atoms with Gasteiger partial charge in [0.1, 0.15) is 5.75 Å². The molecule has 0 saturated carbocycles. The van der Waals surface area contributed by atoms with Crippen LogP contribution in [-0.4, -0.2) is 45.2 Å². The van der Waals surface area contributed by atoms with Gasteiger partial charge in [0.25, 0.3) is 0 Å². The molecular weight excluding hydrogens is 326 g/mol. The van der Waals surface area contributed by atoms with Crippen molar-refractivity contribution in [2.75, 3.05) is 25.9 Å². The van der Waals surface area contributed by atoms with Gasteiger partial charge in [-0.25, -0.2) is 12.7 Å². The maximum absolute atomic E-state index is 12.2. The highest BCUT2D eigenvalue weighted by Gasteiger charge is 2.28. The Bertz CT molecular complexity index is 625. The first kappa shape index (κ1) is 18.1. The highest BCUT2D eigenvalue weighted by atomic mass is 32.2. The predicted octanol–water partition coefficient (Wildman–Crippen LogP) is 2.22. The maximum atomic E-state index is 12.2. The van der Waals surface area contributed by atoms with Crippen LogP contribution in [0, 0.1) is 5.92 Å². The van der Waals surface area contributed by atoms with Gasteiger partial charge in [0.05, 0.1) is 6.26 Å². The number of nitrogens with one attached hydrogen (secondary N) is 1. The second kappa shape index (κ2) is 7.55. The molecule has 2 rings (SSSR count). The Kier molecular flexibility index (Phi) is 5.94. The van der Waals surface area contributed by atoms with E-state index in [9.17, 15) is 17.2 Å². The molecule has 5 nitrogen and oxygen atoms in total. The van der Waals surface area contributed by atoms with Crippen LogP contribution >= 0.6 is 0 Å². The molecule has 1 fully saturated rings. The molecule has 1 aliphatic rings. The number of rotatable bonds is 7. The zero-order valence-corrected chi connectivity index (χ0v) is 14.0. The van der Waals surface area contributed by atoms with Crippen LogP contribution in [0.4, 0.5) is 8.78 Å². The van der Waals surface area contributed by atoms with Gasteiger partial charge in [0.15, 0.2) is 0 Å². The fourth-order valence-electron chi connectivity index (χ4n) is 2.69. The zero-order chi connectivity index (χ0) is 17.0. The molecular formula is C15H22F2N2O3S. The van der Waals surface area contributed by atoms with Crippen molar-refractivity contribution in [2.45, 2.75) is 26.0 Å². The molecule has 2 atom stereocenters. The van der Waals surface area contributed by atoms with Gasteiger partial charge in [-0.15, -0.1) is 0 Å². The van der Waals surface area contributed by atoms with Crippen molar-refractivity contribution < 1.29 is 21.9 Å². The summed E-state index contributed by atoms with van der Waals surface area (Å²) in [6.45, 7) is 0.844. The van der Waals surface area contributed by atoms with Gasteiger partial charge in [-0.2, -0.15) is 8.78 Å². The highest BCUT2D eigenvalue weighted by molar-refractivity contribution is 7.88. The van der Waals surface area contributed by atoms with Crippen molar-refractivity contribution in [3.05, 3.63) is 29.8 Å². The van der Waals surface area contributed by atoms with E-state index in [4.69, 9.17) is 0 Å². The third kappa shape index (κ3) is 5.40. The average molecular weight is 348 g/mol. The zero-order valence-electron chi connectivity index (χ0n) is 13.2. The molecule has 0 aromatic heterocycles. The summed E-state index contributed by atoms with van der Waals surface area (Å²) in [6, 6.07) is 6.55. The number of hydrogen-bond acceptors (Lipinski definition) is 4. The number of sulfonamides is 1. The summed E-state index contributed by atoms with van der Waals surface area (Å²) >= 11 is 0. The van der Waals surface area contributed by atoms with Crippen LogP contribution in [0.5, 0.6) is 5.75 Å². The van der Waals surface area contributed by atoms with E-state index >= 15 is 0 Å². The van der Waals surface area contributed by atoms with Crippen LogP contribution in [-0.2, 0) is 10.0 Å². The quantitative estimate of drug-likeness (QED) is 0.821. The lowest BCUT2D eigenvalue weighted by Crippen LogP contribution is -2.31. The number of halogens is 2. The van der Waals surface area contributed by atoms with Crippen molar-refractivity contribution in [3.8, 4) is 5.75 Å². The molecule has 1 aromatic rings. The molecule has 0 unspecified atom stereocenters. The molecule has 1 aromatic carbocycles. The summed E-state index contributed by atoms with van der Waals surface area (Å²) in [5.74, 6) is 0.392. The normalized spacial score (nSPS) is 20.8. The molecule has 23 heavy (non-hydrogen) atoms. The van der Waals surface area contributed by atoms with Gasteiger partial charge in [-0.05, 0) is 43.5 Å². The molecule has 0 aliphatic carbocycles. The minimum Gasteiger partial charge on any atom is -0.435 e. The molecule has 0 spiro atoms. The lowest BCUT2D eigenvalue weighted by Gasteiger charge is -2.18. The van der Waals surface area contributed by atoms with Gasteiger partial charge in [-0.3, -0.25) is 0 Å². The third-order valence-corrected chi connectivity index (χ3v) is 5.28. The smallest absolute Gasteiger partial charge is 0.387 e. The van der Waals surface area contributed by atoms with Gasteiger partial charge in [0.2, 0.25) is 10.0 Å². The lowest BCUT2D eigenvalue weighted by atomic mass is 10.1. The summed E-state index contributed by atoms with van der Waals surface area (Å²) in [5.41, 5.74) is 0.848. The Hall–Kier alpha value is -1.25. The Labute approximate surface area is 135 Å². The molecule has 130 valence electrons. The van der Waals surface area contributed by atoms with Crippen LogP contribution in [0.3, 0.4) is 0 Å². The Morgan fingerprint density at radius 1 is 1.43 bits per heavy atom. The van der Waals surface area contributed by atoms with E-state index in [-0.39, 0.29) is 17.7 Å². The van der Waals surface area contributed by atoms with Crippen molar-refractivity contribution >= 4 is 10.0 Å². The summed E-state index contributed by atoms with van der Waals surface area (Å²) < 4.78 is 53.4. The number of hydrogen-bond donors (Lipinski definition) is 1. The fourth-order valence-corrected chi connectivity index (χ4v) is 3.60. The Morgan fingerprint density at radius 2 is 2.17 bits per heavy atom. The van der Waals surface area contributed by atoms with E-state index < -0.39 is 16.6 Å². The van der Waals surface area contributed by atoms with E-state index in [1.807, 2.05) is 13.0 Å². The molecule has 0 bridgehead atoms. The van der Waals surface area contributed by atoms with Crippen LogP contribution in [0.2, 0.25) is 0 Å². The molecule has 1 N–H and O–H groups in total. The molecule has 0 radical (unpaired) electrons. The first-order chi connectivity index (χ1) is 10.8.